The third-order valence-corrected chi connectivity index (χ3v) is 3.43. The summed E-state index contributed by atoms with van der Waals surface area (Å²) in [4.78, 5) is 0. The van der Waals surface area contributed by atoms with Crippen LogP contribution < -0.4 is 4.74 Å². The fourth-order valence-electron chi connectivity index (χ4n) is 1.66. The number of fused-ring (bicyclic) bond motifs is 1. The van der Waals surface area contributed by atoms with Gasteiger partial charge in [0, 0.05) is 6.42 Å². The first-order valence-electron chi connectivity index (χ1n) is 5.63. The lowest BCUT2D eigenvalue weighted by Crippen LogP contribution is -1.98. The van der Waals surface area contributed by atoms with E-state index in [1.165, 1.54) is 10.8 Å². The van der Waals surface area contributed by atoms with E-state index >= 15 is 0 Å². The zero-order chi connectivity index (χ0) is 12.3. The van der Waals surface area contributed by atoms with Crippen LogP contribution in [0.25, 0.3) is 10.8 Å². The second-order valence-corrected chi connectivity index (χ2v) is 4.95. The summed E-state index contributed by atoms with van der Waals surface area (Å²) >= 11 is 3.60. The predicted molar refractivity (Wildman–Crippen MR) is 76.6 cm³/mol. The monoisotopic (exact) mass is 290 g/mol. The smallest absolute Gasteiger partial charge is 0.134 e. The molecule has 2 aromatic rings. The average molecular weight is 291 g/mol. The van der Waals surface area contributed by atoms with Gasteiger partial charge in [-0.2, -0.15) is 0 Å². The van der Waals surface area contributed by atoms with Gasteiger partial charge in [-0.25, -0.2) is 0 Å². The number of hydrogen-bond acceptors (Lipinski definition) is 1. The van der Waals surface area contributed by atoms with Crippen LogP contribution in [0.1, 0.15) is 13.3 Å². The first kappa shape index (κ1) is 12.2. The van der Waals surface area contributed by atoms with Gasteiger partial charge in [0.1, 0.15) is 5.75 Å². The maximum absolute atomic E-state index is 5.75. The van der Waals surface area contributed by atoms with E-state index in [0.29, 0.717) is 6.61 Å². The van der Waals surface area contributed by atoms with Crippen LogP contribution in [0.3, 0.4) is 0 Å². The molecule has 0 saturated carbocycles. The lowest BCUT2D eigenvalue weighted by Gasteiger charge is -2.10. The van der Waals surface area contributed by atoms with E-state index in [-0.39, 0.29) is 0 Å². The van der Waals surface area contributed by atoms with E-state index in [1.807, 2.05) is 25.1 Å². The summed E-state index contributed by atoms with van der Waals surface area (Å²) in [5.41, 5.74) is 1.14. The van der Waals surface area contributed by atoms with Crippen LogP contribution in [-0.4, -0.2) is 6.61 Å². The van der Waals surface area contributed by atoms with Gasteiger partial charge in [-0.15, -0.1) is 6.58 Å². The van der Waals surface area contributed by atoms with Crippen LogP contribution in [-0.2, 0) is 0 Å². The molecular formula is C15H15BrO. The second kappa shape index (κ2) is 5.37. The molecule has 0 radical (unpaired) electrons. The maximum atomic E-state index is 5.75. The summed E-state index contributed by atoms with van der Waals surface area (Å²) in [7, 11) is 0. The van der Waals surface area contributed by atoms with Crippen molar-refractivity contribution in [2.75, 3.05) is 6.61 Å². The molecule has 0 N–H and O–H groups in total. The molecule has 2 aromatic carbocycles. The van der Waals surface area contributed by atoms with Gasteiger partial charge in [0.05, 0.1) is 11.1 Å². The highest BCUT2D eigenvalue weighted by Gasteiger charge is 2.05. The van der Waals surface area contributed by atoms with Crippen LogP contribution in [0.2, 0.25) is 0 Å². The summed E-state index contributed by atoms with van der Waals surface area (Å²) in [6.45, 7) is 6.55. The normalized spacial score (nSPS) is 10.5. The predicted octanol–water partition coefficient (Wildman–Crippen LogP) is 4.95. The number of halogens is 1. The minimum Gasteiger partial charge on any atom is -0.492 e. The van der Waals surface area contributed by atoms with Crippen LogP contribution in [0.5, 0.6) is 5.75 Å². The quantitative estimate of drug-likeness (QED) is 0.724. The molecule has 0 aliphatic rings. The Hall–Kier alpha value is -1.28. The summed E-state index contributed by atoms with van der Waals surface area (Å²) in [5, 5.41) is 2.40. The van der Waals surface area contributed by atoms with Gasteiger partial charge in [0.25, 0.3) is 0 Å². The van der Waals surface area contributed by atoms with Gasteiger partial charge in [-0.05, 0) is 39.7 Å². The molecule has 0 aromatic heterocycles. The van der Waals surface area contributed by atoms with Crippen molar-refractivity contribution in [3.63, 3.8) is 0 Å². The Balaban J connectivity index is 2.23. The van der Waals surface area contributed by atoms with Crippen molar-refractivity contribution in [1.29, 1.82) is 0 Å². The van der Waals surface area contributed by atoms with Crippen LogP contribution in [0.4, 0.5) is 0 Å². The van der Waals surface area contributed by atoms with Gasteiger partial charge < -0.3 is 4.74 Å². The molecule has 0 amide bonds. The van der Waals surface area contributed by atoms with Gasteiger partial charge in [0.2, 0.25) is 0 Å². The molecular weight excluding hydrogens is 276 g/mol. The minimum atomic E-state index is 0.673. The number of rotatable bonds is 4. The SMILES string of the molecule is C=C(C)CCOc1ccc2ccccc2c1Br. The zero-order valence-electron chi connectivity index (χ0n) is 9.87. The highest BCUT2D eigenvalue weighted by atomic mass is 79.9. The summed E-state index contributed by atoms with van der Waals surface area (Å²) < 4.78 is 6.77. The summed E-state index contributed by atoms with van der Waals surface area (Å²) in [6, 6.07) is 12.3. The first-order valence-corrected chi connectivity index (χ1v) is 6.42. The summed E-state index contributed by atoms with van der Waals surface area (Å²) in [5.74, 6) is 0.893. The van der Waals surface area contributed by atoms with Gasteiger partial charge >= 0.3 is 0 Å². The van der Waals surface area contributed by atoms with Gasteiger partial charge in [0.15, 0.2) is 0 Å². The molecule has 88 valence electrons. The third-order valence-electron chi connectivity index (χ3n) is 2.61. The van der Waals surface area contributed by atoms with Crippen molar-refractivity contribution in [2.24, 2.45) is 0 Å². The highest BCUT2D eigenvalue weighted by molar-refractivity contribution is 9.10. The molecule has 0 spiro atoms. The van der Waals surface area contributed by atoms with Crippen molar-refractivity contribution in [3.05, 3.63) is 53.0 Å². The number of ether oxygens (including phenoxy) is 1. The fraction of sp³-hybridized carbons (Fsp3) is 0.200. The molecule has 0 fully saturated rings. The zero-order valence-corrected chi connectivity index (χ0v) is 11.5. The lowest BCUT2D eigenvalue weighted by molar-refractivity contribution is 0.320. The molecule has 0 unspecified atom stereocenters. The maximum Gasteiger partial charge on any atom is 0.134 e. The molecule has 0 atom stereocenters. The Labute approximate surface area is 110 Å². The molecule has 0 aliphatic carbocycles. The topological polar surface area (TPSA) is 9.23 Å². The van der Waals surface area contributed by atoms with Crippen molar-refractivity contribution >= 4 is 26.7 Å². The molecule has 0 heterocycles. The Bertz CT molecular complexity index is 546. The standard InChI is InChI=1S/C15H15BrO/c1-11(2)9-10-17-14-8-7-12-5-3-4-6-13(12)15(14)16/h3-8H,1,9-10H2,2H3. The van der Waals surface area contributed by atoms with Crippen LogP contribution in [0.15, 0.2) is 53.0 Å². The second-order valence-electron chi connectivity index (χ2n) is 4.15. The van der Waals surface area contributed by atoms with E-state index in [0.717, 1.165) is 22.2 Å². The molecule has 2 rings (SSSR count). The van der Waals surface area contributed by atoms with Crippen molar-refractivity contribution in [2.45, 2.75) is 13.3 Å². The average Bonchev–Trinajstić information content (AvgIpc) is 2.32. The van der Waals surface area contributed by atoms with Crippen LogP contribution >= 0.6 is 15.9 Å². The molecule has 0 saturated heterocycles. The van der Waals surface area contributed by atoms with Crippen molar-refractivity contribution < 1.29 is 4.74 Å². The molecule has 2 heteroatoms. The van der Waals surface area contributed by atoms with Gasteiger partial charge in [-0.1, -0.05) is 35.9 Å². The van der Waals surface area contributed by atoms with E-state index in [1.54, 1.807) is 0 Å². The van der Waals surface area contributed by atoms with Crippen molar-refractivity contribution in [3.8, 4) is 5.75 Å². The van der Waals surface area contributed by atoms with E-state index < -0.39 is 0 Å². The van der Waals surface area contributed by atoms with Crippen LogP contribution in [0, 0.1) is 0 Å². The number of hydrogen-bond donors (Lipinski definition) is 0. The fourth-order valence-corrected chi connectivity index (χ4v) is 2.27. The Morgan fingerprint density at radius 1 is 1.24 bits per heavy atom. The molecule has 0 aliphatic heterocycles. The largest absolute Gasteiger partial charge is 0.492 e. The first-order chi connectivity index (χ1) is 8.18. The number of benzene rings is 2. The van der Waals surface area contributed by atoms with Gasteiger partial charge in [-0.3, -0.25) is 0 Å². The highest BCUT2D eigenvalue weighted by Crippen LogP contribution is 2.33. The minimum absolute atomic E-state index is 0.673. The van der Waals surface area contributed by atoms with E-state index in [9.17, 15) is 0 Å². The van der Waals surface area contributed by atoms with Crippen molar-refractivity contribution in [1.82, 2.24) is 0 Å². The molecule has 0 bridgehead atoms. The lowest BCUT2D eigenvalue weighted by atomic mass is 10.1. The Morgan fingerprint density at radius 2 is 2.00 bits per heavy atom. The van der Waals surface area contributed by atoms with E-state index in [4.69, 9.17) is 4.74 Å². The van der Waals surface area contributed by atoms with E-state index in [2.05, 4.69) is 40.7 Å². The summed E-state index contributed by atoms with van der Waals surface area (Å²) in [6.07, 6.45) is 0.888. The molecule has 17 heavy (non-hydrogen) atoms. The molecule has 1 nitrogen and oxygen atoms in total. The third kappa shape index (κ3) is 2.89. The Kier molecular flexibility index (Phi) is 3.85. The Morgan fingerprint density at radius 3 is 2.76 bits per heavy atom.